The third-order valence-electron chi connectivity index (χ3n) is 4.00. The van der Waals surface area contributed by atoms with Gasteiger partial charge in [0, 0.05) is 18.2 Å². The zero-order valence-corrected chi connectivity index (χ0v) is 12.3. The molecule has 3 heteroatoms. The van der Waals surface area contributed by atoms with E-state index in [9.17, 15) is 8.78 Å². The highest BCUT2D eigenvalue weighted by Gasteiger charge is 2.20. The largest absolute Gasteiger partial charge is 0.310 e. The van der Waals surface area contributed by atoms with Crippen LogP contribution in [0.25, 0.3) is 11.1 Å². The van der Waals surface area contributed by atoms with Crippen molar-refractivity contribution >= 4 is 0 Å². The molecule has 2 aromatic rings. The van der Waals surface area contributed by atoms with Gasteiger partial charge in [0.2, 0.25) is 0 Å². The van der Waals surface area contributed by atoms with Crippen LogP contribution in [-0.4, -0.2) is 6.04 Å². The fourth-order valence-corrected chi connectivity index (χ4v) is 2.75. The van der Waals surface area contributed by atoms with Crippen LogP contribution in [0.4, 0.5) is 8.78 Å². The van der Waals surface area contributed by atoms with Gasteiger partial charge in [-0.05, 0) is 67.1 Å². The summed E-state index contributed by atoms with van der Waals surface area (Å²) in [5.74, 6) is -0.455. The molecule has 0 atom stereocenters. The van der Waals surface area contributed by atoms with Gasteiger partial charge in [-0.3, -0.25) is 0 Å². The van der Waals surface area contributed by atoms with Crippen molar-refractivity contribution in [2.24, 2.45) is 0 Å². The maximum atomic E-state index is 14.2. The standard InChI is InChI=1S/C18H19F2N/c1-11-7-15(19)8-12(2)18(11)13-3-4-14(17(20)9-13)10-21-16-5-6-16/h3-4,7-9,16,21H,5-6,10H2,1-2H3. The molecule has 1 nitrogen and oxygen atoms in total. The van der Waals surface area contributed by atoms with Crippen molar-refractivity contribution in [3.05, 3.63) is 58.7 Å². The first-order valence-electron chi connectivity index (χ1n) is 7.33. The van der Waals surface area contributed by atoms with Gasteiger partial charge in [-0.2, -0.15) is 0 Å². The number of hydrogen-bond donors (Lipinski definition) is 1. The van der Waals surface area contributed by atoms with Crippen LogP contribution in [0.2, 0.25) is 0 Å². The van der Waals surface area contributed by atoms with Crippen molar-refractivity contribution < 1.29 is 8.78 Å². The number of nitrogens with one attached hydrogen (secondary N) is 1. The quantitative estimate of drug-likeness (QED) is 0.873. The van der Waals surface area contributed by atoms with Crippen molar-refractivity contribution in [3.8, 4) is 11.1 Å². The fraction of sp³-hybridized carbons (Fsp3) is 0.333. The molecule has 110 valence electrons. The Morgan fingerprint density at radius 1 is 1.05 bits per heavy atom. The van der Waals surface area contributed by atoms with E-state index >= 15 is 0 Å². The molecule has 0 radical (unpaired) electrons. The highest BCUT2D eigenvalue weighted by atomic mass is 19.1. The Hall–Kier alpha value is -1.74. The number of halogens is 2. The van der Waals surface area contributed by atoms with Gasteiger partial charge in [0.15, 0.2) is 0 Å². The zero-order valence-electron chi connectivity index (χ0n) is 12.3. The van der Waals surface area contributed by atoms with Crippen LogP contribution in [0.3, 0.4) is 0 Å². The second-order valence-electron chi connectivity index (χ2n) is 5.88. The molecule has 21 heavy (non-hydrogen) atoms. The average Bonchev–Trinajstić information content (AvgIpc) is 3.20. The molecule has 1 N–H and O–H groups in total. The molecule has 1 aliphatic carbocycles. The SMILES string of the molecule is Cc1cc(F)cc(C)c1-c1ccc(CNC2CC2)c(F)c1. The van der Waals surface area contributed by atoms with E-state index in [1.54, 1.807) is 6.07 Å². The highest BCUT2D eigenvalue weighted by molar-refractivity contribution is 5.71. The number of hydrogen-bond acceptors (Lipinski definition) is 1. The lowest BCUT2D eigenvalue weighted by atomic mass is 9.94. The Morgan fingerprint density at radius 3 is 2.29 bits per heavy atom. The monoisotopic (exact) mass is 287 g/mol. The predicted molar refractivity (Wildman–Crippen MR) is 81.1 cm³/mol. The summed E-state index contributed by atoms with van der Waals surface area (Å²) in [6.07, 6.45) is 2.38. The van der Waals surface area contributed by atoms with Gasteiger partial charge in [0.05, 0.1) is 0 Å². The third-order valence-corrected chi connectivity index (χ3v) is 4.00. The van der Waals surface area contributed by atoms with E-state index in [4.69, 9.17) is 0 Å². The van der Waals surface area contributed by atoms with Gasteiger partial charge < -0.3 is 5.32 Å². The molecule has 0 spiro atoms. The summed E-state index contributed by atoms with van der Waals surface area (Å²) in [6, 6.07) is 8.83. The third kappa shape index (κ3) is 3.13. The second-order valence-corrected chi connectivity index (χ2v) is 5.88. The summed E-state index contributed by atoms with van der Waals surface area (Å²) in [7, 11) is 0. The fourth-order valence-electron chi connectivity index (χ4n) is 2.75. The summed E-state index contributed by atoms with van der Waals surface area (Å²) in [5.41, 5.74) is 4.06. The average molecular weight is 287 g/mol. The normalized spacial score (nSPS) is 14.5. The molecule has 0 unspecified atom stereocenters. The first-order valence-corrected chi connectivity index (χ1v) is 7.33. The van der Waals surface area contributed by atoms with Gasteiger partial charge >= 0.3 is 0 Å². The zero-order chi connectivity index (χ0) is 15.0. The number of benzene rings is 2. The van der Waals surface area contributed by atoms with Crippen molar-refractivity contribution in [1.29, 1.82) is 0 Å². The summed E-state index contributed by atoms with van der Waals surface area (Å²) < 4.78 is 27.6. The van der Waals surface area contributed by atoms with Crippen molar-refractivity contribution in [1.82, 2.24) is 5.32 Å². The molecule has 3 rings (SSSR count). The highest BCUT2D eigenvalue weighted by Crippen LogP contribution is 2.29. The minimum Gasteiger partial charge on any atom is -0.310 e. The number of aryl methyl sites for hydroxylation is 2. The van der Waals surface area contributed by atoms with Crippen LogP contribution in [0, 0.1) is 25.5 Å². The summed E-state index contributed by atoms with van der Waals surface area (Å²) in [6.45, 7) is 4.27. The maximum absolute atomic E-state index is 14.2. The molecule has 0 bridgehead atoms. The predicted octanol–water partition coefficient (Wildman–Crippen LogP) is 4.50. The summed E-state index contributed by atoms with van der Waals surface area (Å²) >= 11 is 0. The van der Waals surface area contributed by atoms with Crippen LogP contribution < -0.4 is 5.32 Å². The second kappa shape index (κ2) is 5.57. The molecule has 0 aliphatic heterocycles. The lowest BCUT2D eigenvalue weighted by Gasteiger charge is -2.12. The van der Waals surface area contributed by atoms with E-state index in [1.807, 2.05) is 26.0 Å². The van der Waals surface area contributed by atoms with Crippen LogP contribution in [-0.2, 0) is 6.54 Å². The van der Waals surface area contributed by atoms with Crippen LogP contribution in [0.15, 0.2) is 30.3 Å². The molecule has 0 saturated heterocycles. The van der Waals surface area contributed by atoms with Gasteiger partial charge in [-0.1, -0.05) is 12.1 Å². The lowest BCUT2D eigenvalue weighted by Crippen LogP contribution is -2.16. The topological polar surface area (TPSA) is 12.0 Å². The van der Waals surface area contributed by atoms with Crippen LogP contribution in [0.1, 0.15) is 29.5 Å². The first-order chi connectivity index (χ1) is 10.0. The van der Waals surface area contributed by atoms with Crippen molar-refractivity contribution in [3.63, 3.8) is 0 Å². The minimum atomic E-state index is -0.250. The lowest BCUT2D eigenvalue weighted by molar-refractivity contribution is 0.587. The summed E-state index contributed by atoms with van der Waals surface area (Å²) in [4.78, 5) is 0. The van der Waals surface area contributed by atoms with Crippen LogP contribution in [0.5, 0.6) is 0 Å². The molecule has 1 fully saturated rings. The molecule has 1 saturated carbocycles. The Kier molecular flexibility index (Phi) is 3.77. The Balaban J connectivity index is 1.90. The van der Waals surface area contributed by atoms with E-state index in [0.29, 0.717) is 18.2 Å². The summed E-state index contributed by atoms with van der Waals surface area (Å²) in [5, 5.41) is 3.31. The van der Waals surface area contributed by atoms with E-state index in [-0.39, 0.29) is 11.6 Å². The van der Waals surface area contributed by atoms with Crippen molar-refractivity contribution in [2.45, 2.75) is 39.3 Å². The Morgan fingerprint density at radius 2 is 1.71 bits per heavy atom. The Bertz CT molecular complexity index is 652. The molecule has 0 aromatic heterocycles. The maximum Gasteiger partial charge on any atom is 0.128 e. The smallest absolute Gasteiger partial charge is 0.128 e. The molecule has 1 aliphatic rings. The van der Waals surface area contributed by atoms with Gasteiger partial charge in [-0.25, -0.2) is 8.78 Å². The minimum absolute atomic E-state index is 0.205. The van der Waals surface area contributed by atoms with Gasteiger partial charge in [0.1, 0.15) is 11.6 Å². The number of rotatable bonds is 4. The van der Waals surface area contributed by atoms with Gasteiger partial charge in [0.25, 0.3) is 0 Å². The van der Waals surface area contributed by atoms with E-state index < -0.39 is 0 Å². The van der Waals surface area contributed by atoms with E-state index in [2.05, 4.69) is 5.32 Å². The Labute approximate surface area is 124 Å². The van der Waals surface area contributed by atoms with Gasteiger partial charge in [-0.15, -0.1) is 0 Å². The van der Waals surface area contributed by atoms with E-state index in [1.165, 1.54) is 25.0 Å². The molecule has 2 aromatic carbocycles. The molecular weight excluding hydrogens is 268 g/mol. The first kappa shape index (κ1) is 14.2. The van der Waals surface area contributed by atoms with Crippen molar-refractivity contribution in [2.75, 3.05) is 0 Å². The molecule has 0 amide bonds. The molecule has 0 heterocycles. The van der Waals surface area contributed by atoms with Crippen LogP contribution >= 0.6 is 0 Å². The van der Waals surface area contributed by atoms with E-state index in [0.717, 1.165) is 22.3 Å². The molecular formula is C18H19F2N.